The highest BCUT2D eigenvalue weighted by atomic mass is 16.3. The molecular weight excluding hydrogens is 314 g/mol. The second-order valence-corrected chi connectivity index (χ2v) is 4.82. The first-order chi connectivity index (χ1) is 11.6. The van der Waals surface area contributed by atoms with E-state index in [4.69, 9.17) is 4.42 Å². The van der Waals surface area contributed by atoms with Crippen molar-refractivity contribution in [2.45, 2.75) is 6.54 Å². The monoisotopic (exact) mass is 327 g/mol. The molecule has 122 valence electrons. The number of carbonyl (C=O) groups is 1. The lowest BCUT2D eigenvalue weighted by atomic mass is 10.3. The molecule has 0 spiro atoms. The van der Waals surface area contributed by atoms with Gasteiger partial charge < -0.3 is 9.73 Å². The van der Waals surface area contributed by atoms with E-state index in [0.717, 1.165) is 0 Å². The predicted molar refractivity (Wildman–Crippen MR) is 83.4 cm³/mol. The zero-order valence-electron chi connectivity index (χ0n) is 12.4. The average Bonchev–Trinajstić information content (AvgIpc) is 3.11. The molecule has 0 saturated heterocycles. The van der Waals surface area contributed by atoms with Crippen molar-refractivity contribution in [3.8, 4) is 11.5 Å². The van der Waals surface area contributed by atoms with Gasteiger partial charge in [0.25, 0.3) is 17.0 Å². The molecule has 3 aromatic rings. The minimum atomic E-state index is -0.457. The second kappa shape index (κ2) is 6.73. The van der Waals surface area contributed by atoms with E-state index in [0.29, 0.717) is 11.5 Å². The van der Waals surface area contributed by atoms with Gasteiger partial charge in [0.1, 0.15) is 11.4 Å². The molecular formula is C15H13N5O4. The van der Waals surface area contributed by atoms with Crippen molar-refractivity contribution in [2.24, 2.45) is 0 Å². The molecule has 0 fully saturated rings. The van der Waals surface area contributed by atoms with E-state index in [1.54, 1.807) is 18.2 Å². The van der Waals surface area contributed by atoms with Crippen molar-refractivity contribution in [1.29, 1.82) is 0 Å². The first kappa shape index (κ1) is 15.4. The number of carbonyl (C=O) groups excluding carboxylic acids is 1. The number of furan rings is 1. The maximum Gasteiger partial charge on any atom is 0.271 e. The third-order valence-corrected chi connectivity index (χ3v) is 3.16. The Morgan fingerprint density at radius 1 is 1.21 bits per heavy atom. The van der Waals surface area contributed by atoms with Gasteiger partial charge in [-0.15, -0.1) is 0 Å². The van der Waals surface area contributed by atoms with E-state index in [2.05, 4.69) is 20.6 Å². The second-order valence-electron chi connectivity index (χ2n) is 4.82. The minimum Gasteiger partial charge on any atom is -0.463 e. The molecule has 0 saturated carbocycles. The van der Waals surface area contributed by atoms with Crippen molar-refractivity contribution < 1.29 is 9.21 Å². The van der Waals surface area contributed by atoms with Gasteiger partial charge in [0.15, 0.2) is 5.76 Å². The highest BCUT2D eigenvalue weighted by molar-refractivity contribution is 5.91. The summed E-state index contributed by atoms with van der Waals surface area (Å²) in [7, 11) is 0. The largest absolute Gasteiger partial charge is 0.463 e. The molecule has 3 aromatic heterocycles. The van der Waals surface area contributed by atoms with E-state index in [1.165, 1.54) is 29.1 Å². The number of nitrogens with zero attached hydrogens (tertiary/aromatic N) is 3. The van der Waals surface area contributed by atoms with Crippen LogP contribution < -0.4 is 16.4 Å². The first-order valence-corrected chi connectivity index (χ1v) is 7.09. The normalized spacial score (nSPS) is 10.5. The van der Waals surface area contributed by atoms with Gasteiger partial charge in [-0.2, -0.15) is 10.2 Å². The van der Waals surface area contributed by atoms with E-state index in [1.807, 2.05) is 0 Å². The minimum absolute atomic E-state index is 0.0826. The molecule has 1 amide bonds. The summed E-state index contributed by atoms with van der Waals surface area (Å²) in [6.45, 7) is 0.358. The van der Waals surface area contributed by atoms with Gasteiger partial charge >= 0.3 is 0 Å². The molecule has 0 radical (unpaired) electrons. The topological polar surface area (TPSA) is 123 Å². The lowest BCUT2D eigenvalue weighted by Gasteiger charge is -2.07. The van der Waals surface area contributed by atoms with Crippen LogP contribution in [0.15, 0.2) is 56.7 Å². The van der Waals surface area contributed by atoms with Crippen molar-refractivity contribution in [2.75, 3.05) is 6.54 Å². The molecule has 0 bridgehead atoms. The highest BCUT2D eigenvalue weighted by Crippen LogP contribution is 2.14. The summed E-state index contributed by atoms with van der Waals surface area (Å²) in [6, 6.07) is 8.94. The Morgan fingerprint density at radius 3 is 2.79 bits per heavy atom. The van der Waals surface area contributed by atoms with Gasteiger partial charge in [-0.05, 0) is 24.3 Å². The van der Waals surface area contributed by atoms with Gasteiger partial charge in [-0.1, -0.05) is 0 Å². The van der Waals surface area contributed by atoms with Crippen LogP contribution in [-0.2, 0) is 6.54 Å². The molecule has 2 N–H and O–H groups in total. The number of amides is 1. The van der Waals surface area contributed by atoms with Gasteiger partial charge in [-0.3, -0.25) is 14.4 Å². The fraction of sp³-hybridized carbons (Fsp3) is 0.133. The molecule has 0 aromatic carbocycles. The Balaban J connectivity index is 1.65. The molecule has 3 heterocycles. The smallest absolute Gasteiger partial charge is 0.271 e. The fourth-order valence-corrected chi connectivity index (χ4v) is 2.00. The zero-order valence-corrected chi connectivity index (χ0v) is 12.4. The molecule has 0 aliphatic heterocycles. The van der Waals surface area contributed by atoms with Crippen molar-refractivity contribution in [3.05, 3.63) is 69.1 Å². The standard InChI is InChI=1S/C15H13N5O4/c21-13-5-3-11(17-18-13)15(23)16-7-8-20-14(22)6-4-10(19-20)12-2-1-9-24-12/h1-6,9H,7-8H2,(H,16,23)(H,18,21). The first-order valence-electron chi connectivity index (χ1n) is 7.09. The van der Waals surface area contributed by atoms with Crippen molar-refractivity contribution in [1.82, 2.24) is 25.3 Å². The zero-order chi connectivity index (χ0) is 16.9. The summed E-state index contributed by atoms with van der Waals surface area (Å²) in [6.07, 6.45) is 1.52. The van der Waals surface area contributed by atoms with Gasteiger partial charge in [0.2, 0.25) is 0 Å². The molecule has 0 aliphatic carbocycles. The van der Waals surface area contributed by atoms with E-state index >= 15 is 0 Å². The SMILES string of the molecule is O=C(NCCn1nc(-c2ccco2)ccc1=O)c1ccc(=O)[nH]n1. The van der Waals surface area contributed by atoms with Crippen LogP contribution >= 0.6 is 0 Å². The van der Waals surface area contributed by atoms with Gasteiger partial charge in [0.05, 0.1) is 12.8 Å². The molecule has 9 nitrogen and oxygen atoms in total. The van der Waals surface area contributed by atoms with Crippen molar-refractivity contribution in [3.63, 3.8) is 0 Å². The third-order valence-electron chi connectivity index (χ3n) is 3.16. The van der Waals surface area contributed by atoms with Crippen LogP contribution in [0.5, 0.6) is 0 Å². The third kappa shape index (κ3) is 3.46. The number of aromatic amines is 1. The number of H-pyrrole nitrogens is 1. The van der Waals surface area contributed by atoms with Gasteiger partial charge in [0, 0.05) is 18.7 Å². The maximum absolute atomic E-state index is 11.9. The van der Waals surface area contributed by atoms with Crippen LogP contribution in [0.2, 0.25) is 0 Å². The Bertz CT molecular complexity index is 938. The van der Waals surface area contributed by atoms with E-state index in [9.17, 15) is 14.4 Å². The summed E-state index contributed by atoms with van der Waals surface area (Å²) < 4.78 is 6.47. The molecule has 0 unspecified atom stereocenters. The lowest BCUT2D eigenvalue weighted by molar-refractivity contribution is 0.0945. The van der Waals surface area contributed by atoms with Crippen LogP contribution in [0.4, 0.5) is 0 Å². The molecule has 0 atom stereocenters. The van der Waals surface area contributed by atoms with E-state index in [-0.39, 0.29) is 24.3 Å². The van der Waals surface area contributed by atoms with Crippen molar-refractivity contribution >= 4 is 5.91 Å². The number of rotatable bonds is 5. The van der Waals surface area contributed by atoms with Crippen LogP contribution in [0, 0.1) is 0 Å². The molecule has 3 rings (SSSR count). The molecule has 0 aliphatic rings. The fourth-order valence-electron chi connectivity index (χ4n) is 2.00. The molecule has 24 heavy (non-hydrogen) atoms. The van der Waals surface area contributed by atoms with Gasteiger partial charge in [-0.25, -0.2) is 9.78 Å². The molecule has 9 heteroatoms. The number of aromatic nitrogens is 4. The van der Waals surface area contributed by atoms with Crippen LogP contribution in [0.3, 0.4) is 0 Å². The van der Waals surface area contributed by atoms with E-state index < -0.39 is 11.5 Å². The Morgan fingerprint density at radius 2 is 2.08 bits per heavy atom. The summed E-state index contributed by atoms with van der Waals surface area (Å²) >= 11 is 0. The Kier molecular flexibility index (Phi) is 4.32. The number of hydrogen-bond donors (Lipinski definition) is 2. The predicted octanol–water partition coefficient (Wildman–Crippen LogP) is 0.0166. The number of hydrogen-bond acceptors (Lipinski definition) is 6. The average molecular weight is 327 g/mol. The van der Waals surface area contributed by atoms with Crippen LogP contribution in [0.25, 0.3) is 11.5 Å². The lowest BCUT2D eigenvalue weighted by Crippen LogP contribution is -2.32. The van der Waals surface area contributed by atoms with Crippen LogP contribution in [-0.4, -0.2) is 32.4 Å². The Labute approximate surface area is 134 Å². The number of nitrogens with one attached hydrogen (secondary N) is 2. The van der Waals surface area contributed by atoms with Crippen LogP contribution in [0.1, 0.15) is 10.5 Å². The summed E-state index contributed by atoms with van der Waals surface area (Å²) in [5, 5.41) is 12.6. The quantitative estimate of drug-likeness (QED) is 0.681. The summed E-state index contributed by atoms with van der Waals surface area (Å²) in [5.41, 5.74) is -0.0776. The summed E-state index contributed by atoms with van der Waals surface area (Å²) in [5.74, 6) is 0.0895. The maximum atomic E-state index is 11.9. The summed E-state index contributed by atoms with van der Waals surface area (Å²) in [4.78, 5) is 34.6. The highest BCUT2D eigenvalue weighted by Gasteiger charge is 2.08. The Hall–Kier alpha value is -3.49.